The summed E-state index contributed by atoms with van der Waals surface area (Å²) in [6, 6.07) is 2.29. The molecule has 39 heavy (non-hydrogen) atoms. The van der Waals surface area contributed by atoms with Gasteiger partial charge in [0.2, 0.25) is 0 Å². The molecular weight excluding hydrogens is 486 g/mol. The fourth-order valence-electron chi connectivity index (χ4n) is 10.4. The summed E-state index contributed by atoms with van der Waals surface area (Å²) in [5.74, 6) is 0.0513. The predicted molar refractivity (Wildman–Crippen MR) is 151 cm³/mol. The van der Waals surface area contributed by atoms with Crippen LogP contribution in [-0.4, -0.2) is 30.1 Å². The Hall–Kier alpha value is -2.19. The Balaban J connectivity index is 1.67. The highest BCUT2D eigenvalue weighted by Gasteiger charge is 2.69. The molecule has 8 atom stereocenters. The molecule has 3 fully saturated rings. The van der Waals surface area contributed by atoms with Crippen LogP contribution in [-0.2, 0) is 14.3 Å². The molecule has 0 aromatic carbocycles. The third-order valence-electron chi connectivity index (χ3n) is 12.9. The minimum atomic E-state index is -0.797. The Labute approximate surface area is 234 Å². The van der Waals surface area contributed by atoms with E-state index in [1.807, 2.05) is 12.2 Å². The molecule has 212 valence electrons. The van der Waals surface area contributed by atoms with Crippen molar-refractivity contribution in [2.24, 2.45) is 50.2 Å². The van der Waals surface area contributed by atoms with Gasteiger partial charge in [-0.3, -0.25) is 4.79 Å². The number of carbonyl (C=O) groups is 2. The molecule has 0 amide bonds. The third-order valence-corrected chi connectivity index (χ3v) is 12.9. The van der Waals surface area contributed by atoms with Crippen LogP contribution < -0.4 is 0 Å². The first-order valence-electron chi connectivity index (χ1n) is 14.9. The second-order valence-corrected chi connectivity index (χ2v) is 15.6. The molecule has 5 aliphatic carbocycles. The van der Waals surface area contributed by atoms with E-state index >= 15 is 0 Å². The smallest absolute Gasteiger partial charge is 0.330 e. The van der Waals surface area contributed by atoms with Crippen molar-refractivity contribution in [2.75, 3.05) is 7.11 Å². The van der Waals surface area contributed by atoms with E-state index in [9.17, 15) is 20.0 Å². The standard InChI is InChI=1S/C34H47NO4/c1-29(2)13-15-34(12-10-26(37)39-8)16-14-33(7)27(22(34)19-29)23(36)17-25-31(5)18-21(20-35)28(38)30(3,4)24(31)9-11-32(25,33)6/h10,12,17-18,22,24,27-28,38H,9,11,13-16,19H2,1-8H3/b12-10+/t22?,24-,27?,28?,31-,32+,33+,34?/m0/s1. The van der Waals surface area contributed by atoms with Crippen LogP contribution in [0.15, 0.2) is 35.5 Å². The van der Waals surface area contributed by atoms with Crippen molar-refractivity contribution in [3.8, 4) is 6.07 Å². The normalized spacial score (nSPS) is 46.0. The molecule has 0 saturated heterocycles. The highest BCUT2D eigenvalue weighted by atomic mass is 16.5. The summed E-state index contributed by atoms with van der Waals surface area (Å²) in [6.07, 6.45) is 13.7. The van der Waals surface area contributed by atoms with Gasteiger partial charge in [-0.05, 0) is 89.9 Å². The topological polar surface area (TPSA) is 87.4 Å². The van der Waals surface area contributed by atoms with Crippen LogP contribution in [0.4, 0.5) is 0 Å². The molecule has 5 aliphatic rings. The molecular formula is C34H47NO4. The predicted octanol–water partition coefficient (Wildman–Crippen LogP) is 6.73. The monoisotopic (exact) mass is 533 g/mol. The molecule has 0 radical (unpaired) electrons. The molecule has 1 N–H and O–H groups in total. The summed E-state index contributed by atoms with van der Waals surface area (Å²) >= 11 is 0. The average Bonchev–Trinajstić information content (AvgIpc) is 2.86. The minimum absolute atomic E-state index is 0.122. The number of ether oxygens (including phenoxy) is 1. The maximum Gasteiger partial charge on any atom is 0.330 e. The van der Waals surface area contributed by atoms with Crippen LogP contribution in [0.5, 0.6) is 0 Å². The number of carbonyl (C=O) groups excluding carboxylic acids is 2. The number of allylic oxidation sites excluding steroid dienone is 4. The molecule has 4 unspecified atom stereocenters. The van der Waals surface area contributed by atoms with Gasteiger partial charge in [-0.25, -0.2) is 4.79 Å². The lowest BCUT2D eigenvalue weighted by atomic mass is 9.34. The first-order chi connectivity index (χ1) is 18.0. The lowest BCUT2D eigenvalue weighted by Crippen LogP contribution is -2.64. The summed E-state index contributed by atoms with van der Waals surface area (Å²) in [7, 11) is 1.41. The Morgan fingerprint density at radius 3 is 2.38 bits per heavy atom. The van der Waals surface area contributed by atoms with E-state index in [0.717, 1.165) is 50.5 Å². The fourth-order valence-corrected chi connectivity index (χ4v) is 10.4. The summed E-state index contributed by atoms with van der Waals surface area (Å²) in [4.78, 5) is 26.7. The van der Waals surface area contributed by atoms with Crippen molar-refractivity contribution in [3.05, 3.63) is 35.5 Å². The number of aliphatic hydroxyl groups is 1. The van der Waals surface area contributed by atoms with Gasteiger partial charge in [-0.2, -0.15) is 5.26 Å². The van der Waals surface area contributed by atoms with Crippen LogP contribution >= 0.6 is 0 Å². The molecule has 5 nitrogen and oxygen atoms in total. The number of ketones is 1. The number of hydrogen-bond acceptors (Lipinski definition) is 5. The number of rotatable bonds is 2. The van der Waals surface area contributed by atoms with E-state index in [1.54, 1.807) is 6.08 Å². The Kier molecular flexibility index (Phi) is 6.29. The van der Waals surface area contributed by atoms with Crippen molar-refractivity contribution in [1.29, 1.82) is 5.26 Å². The molecule has 0 heterocycles. The summed E-state index contributed by atoms with van der Waals surface area (Å²) in [5.41, 5.74) is 0.172. The van der Waals surface area contributed by atoms with E-state index in [-0.39, 0.29) is 51.2 Å². The van der Waals surface area contributed by atoms with Gasteiger partial charge in [-0.15, -0.1) is 0 Å². The van der Waals surface area contributed by atoms with Gasteiger partial charge in [0, 0.05) is 17.4 Å². The van der Waals surface area contributed by atoms with Crippen LogP contribution in [0.25, 0.3) is 0 Å². The van der Waals surface area contributed by atoms with Crippen LogP contribution in [0.3, 0.4) is 0 Å². The van der Waals surface area contributed by atoms with Gasteiger partial charge >= 0.3 is 5.97 Å². The number of fused-ring (bicyclic) bond motifs is 7. The first kappa shape index (κ1) is 28.3. The third kappa shape index (κ3) is 3.73. The van der Waals surface area contributed by atoms with Gasteiger partial charge in [0.25, 0.3) is 0 Å². The van der Waals surface area contributed by atoms with Gasteiger partial charge in [0.05, 0.1) is 24.9 Å². The van der Waals surface area contributed by atoms with Crippen LogP contribution in [0.1, 0.15) is 93.4 Å². The summed E-state index contributed by atoms with van der Waals surface area (Å²) in [6.45, 7) is 15.7. The van der Waals surface area contributed by atoms with Crippen molar-refractivity contribution >= 4 is 11.8 Å². The van der Waals surface area contributed by atoms with Crippen LogP contribution in [0, 0.1) is 61.6 Å². The number of hydrogen-bond donors (Lipinski definition) is 1. The maximum atomic E-state index is 14.5. The summed E-state index contributed by atoms with van der Waals surface area (Å²) < 4.78 is 4.95. The lowest BCUT2D eigenvalue weighted by molar-refractivity contribution is -0.165. The molecule has 0 spiro atoms. The minimum Gasteiger partial charge on any atom is -0.466 e. The fraction of sp³-hybridized carbons (Fsp3) is 0.735. The zero-order valence-corrected chi connectivity index (χ0v) is 25.2. The van der Waals surface area contributed by atoms with E-state index in [1.165, 1.54) is 7.11 Å². The first-order valence-corrected chi connectivity index (χ1v) is 14.9. The van der Waals surface area contributed by atoms with Gasteiger partial charge < -0.3 is 9.84 Å². The van der Waals surface area contributed by atoms with Crippen molar-refractivity contribution in [1.82, 2.24) is 0 Å². The molecule has 0 bridgehead atoms. The second-order valence-electron chi connectivity index (χ2n) is 15.6. The maximum absolute atomic E-state index is 14.5. The highest BCUT2D eigenvalue weighted by molar-refractivity contribution is 5.95. The van der Waals surface area contributed by atoms with Gasteiger partial charge in [-0.1, -0.05) is 66.2 Å². The molecule has 3 saturated carbocycles. The number of aliphatic hydroxyl groups excluding tert-OH is 1. The molecule has 0 aliphatic heterocycles. The van der Waals surface area contributed by atoms with Crippen molar-refractivity contribution < 1.29 is 19.4 Å². The molecule has 5 heteroatoms. The van der Waals surface area contributed by atoms with E-state index in [4.69, 9.17) is 4.74 Å². The van der Waals surface area contributed by atoms with E-state index < -0.39 is 16.9 Å². The molecule has 0 aromatic rings. The quantitative estimate of drug-likeness (QED) is 0.314. The van der Waals surface area contributed by atoms with Gasteiger partial charge in [0.15, 0.2) is 5.78 Å². The zero-order chi connectivity index (χ0) is 28.8. The van der Waals surface area contributed by atoms with Crippen molar-refractivity contribution in [2.45, 2.75) is 99.5 Å². The summed E-state index contributed by atoms with van der Waals surface area (Å²) in [5, 5.41) is 21.1. The molecule has 5 rings (SSSR count). The number of nitrogens with zero attached hydrogens (tertiary/aromatic N) is 1. The number of esters is 1. The van der Waals surface area contributed by atoms with Crippen molar-refractivity contribution in [3.63, 3.8) is 0 Å². The van der Waals surface area contributed by atoms with E-state index in [2.05, 4.69) is 60.6 Å². The lowest BCUT2D eigenvalue weighted by Gasteiger charge is -2.69. The Bertz CT molecular complexity index is 1230. The SMILES string of the molecule is COC(=O)/C=C/C12CCC(C)(C)CC1C1C(=O)C=C3[C@@]4(C)C=C(C#N)C(O)C(C)(C)[C@@H]4CC[C@@]3(C)[C@]1(C)CC2. The highest BCUT2D eigenvalue weighted by Crippen LogP contribution is 2.74. The Morgan fingerprint density at radius 1 is 1.08 bits per heavy atom. The average molecular weight is 534 g/mol. The Morgan fingerprint density at radius 2 is 1.74 bits per heavy atom. The molecule has 0 aromatic heterocycles. The van der Waals surface area contributed by atoms with E-state index in [0.29, 0.717) is 5.57 Å². The van der Waals surface area contributed by atoms with Gasteiger partial charge in [0.1, 0.15) is 0 Å². The second kappa shape index (κ2) is 8.65. The van der Waals surface area contributed by atoms with Crippen LogP contribution in [0.2, 0.25) is 0 Å². The number of methoxy groups -OCH3 is 1. The largest absolute Gasteiger partial charge is 0.466 e. The zero-order valence-electron chi connectivity index (χ0n) is 25.2. The number of nitriles is 1.